The average Bonchev–Trinajstić information content (AvgIpc) is 2.30. The van der Waals surface area contributed by atoms with Gasteiger partial charge >= 0.3 is 0 Å². The van der Waals surface area contributed by atoms with Crippen molar-refractivity contribution in [1.82, 2.24) is 0 Å². The molecule has 0 saturated carbocycles. The molecule has 0 aliphatic carbocycles. The first-order valence-electron chi connectivity index (χ1n) is 5.38. The van der Waals surface area contributed by atoms with Crippen molar-refractivity contribution in [3.8, 4) is 5.75 Å². The van der Waals surface area contributed by atoms with E-state index < -0.39 is 0 Å². The Kier molecular flexibility index (Phi) is 3.92. The summed E-state index contributed by atoms with van der Waals surface area (Å²) in [5.41, 5.74) is 0. The molecule has 1 unspecified atom stereocenters. The second-order valence-electron chi connectivity index (χ2n) is 3.79. The van der Waals surface area contributed by atoms with Gasteiger partial charge in [0.1, 0.15) is 5.75 Å². The van der Waals surface area contributed by atoms with Crippen LogP contribution in [-0.4, -0.2) is 23.6 Å². The first kappa shape index (κ1) is 10.8. The molecule has 0 amide bonds. The molecule has 3 heteroatoms. The van der Waals surface area contributed by atoms with Crippen LogP contribution in [0.25, 0.3) is 0 Å². The quantitative estimate of drug-likeness (QED) is 0.800. The fraction of sp³-hybridized carbons (Fsp3) is 0.500. The molecule has 1 aliphatic rings. The van der Waals surface area contributed by atoms with E-state index in [9.17, 15) is 0 Å². The number of phenolic OH excluding ortho intramolecular Hbond substituents is 1. The normalized spacial score (nSPS) is 21.5. The zero-order chi connectivity index (χ0) is 10.5. The molecule has 2 nitrogen and oxygen atoms in total. The minimum Gasteiger partial charge on any atom is -0.508 e. The van der Waals surface area contributed by atoms with Gasteiger partial charge in [-0.2, -0.15) is 0 Å². The number of aromatic hydroxyl groups is 1. The van der Waals surface area contributed by atoms with Gasteiger partial charge in [-0.3, -0.25) is 0 Å². The van der Waals surface area contributed by atoms with Crippen molar-refractivity contribution in [2.24, 2.45) is 0 Å². The SMILES string of the molecule is Oc1ccc(SCC2CCCCO2)cc1. The van der Waals surface area contributed by atoms with E-state index in [4.69, 9.17) is 9.84 Å². The third kappa shape index (κ3) is 3.43. The molecular formula is C12H16O2S. The average molecular weight is 224 g/mol. The largest absolute Gasteiger partial charge is 0.508 e. The molecule has 1 aliphatic heterocycles. The minimum absolute atomic E-state index is 0.327. The highest BCUT2D eigenvalue weighted by Gasteiger charge is 2.13. The molecule has 1 fully saturated rings. The third-order valence-electron chi connectivity index (χ3n) is 2.55. The second-order valence-corrected chi connectivity index (χ2v) is 4.89. The zero-order valence-electron chi connectivity index (χ0n) is 8.69. The monoisotopic (exact) mass is 224 g/mol. The number of hydrogen-bond donors (Lipinski definition) is 1. The van der Waals surface area contributed by atoms with E-state index in [0.717, 1.165) is 12.4 Å². The highest BCUT2D eigenvalue weighted by molar-refractivity contribution is 7.99. The van der Waals surface area contributed by atoms with Crippen molar-refractivity contribution in [2.75, 3.05) is 12.4 Å². The van der Waals surface area contributed by atoms with Crippen molar-refractivity contribution in [1.29, 1.82) is 0 Å². The molecule has 1 heterocycles. The Balaban J connectivity index is 1.79. The van der Waals surface area contributed by atoms with E-state index in [1.165, 1.54) is 24.2 Å². The summed E-state index contributed by atoms with van der Waals surface area (Å²) in [6.45, 7) is 0.917. The number of benzene rings is 1. The molecule has 0 bridgehead atoms. The topological polar surface area (TPSA) is 29.5 Å². The Hall–Kier alpha value is -0.670. The highest BCUT2D eigenvalue weighted by atomic mass is 32.2. The molecule has 1 saturated heterocycles. The van der Waals surface area contributed by atoms with Gasteiger partial charge in [0, 0.05) is 17.3 Å². The van der Waals surface area contributed by atoms with Crippen molar-refractivity contribution in [3.05, 3.63) is 24.3 Å². The number of thioether (sulfide) groups is 1. The van der Waals surface area contributed by atoms with Crippen molar-refractivity contribution < 1.29 is 9.84 Å². The van der Waals surface area contributed by atoms with Crippen molar-refractivity contribution in [3.63, 3.8) is 0 Å². The lowest BCUT2D eigenvalue weighted by atomic mass is 10.1. The second kappa shape index (κ2) is 5.42. The van der Waals surface area contributed by atoms with Gasteiger partial charge in [0.2, 0.25) is 0 Å². The van der Waals surface area contributed by atoms with Gasteiger partial charge in [-0.05, 0) is 43.5 Å². The molecule has 0 radical (unpaired) electrons. The summed E-state index contributed by atoms with van der Waals surface area (Å²) in [4.78, 5) is 1.20. The van der Waals surface area contributed by atoms with E-state index in [0.29, 0.717) is 11.9 Å². The van der Waals surface area contributed by atoms with Crippen LogP contribution in [0.4, 0.5) is 0 Å². The van der Waals surface area contributed by atoms with Crippen LogP contribution in [0.1, 0.15) is 19.3 Å². The van der Waals surface area contributed by atoms with Crippen LogP contribution in [0.15, 0.2) is 29.2 Å². The zero-order valence-corrected chi connectivity index (χ0v) is 9.50. The number of phenols is 1. The Morgan fingerprint density at radius 1 is 1.27 bits per heavy atom. The molecular weight excluding hydrogens is 208 g/mol. The van der Waals surface area contributed by atoms with Gasteiger partial charge in [0.25, 0.3) is 0 Å². The first-order chi connectivity index (χ1) is 7.34. The fourth-order valence-electron chi connectivity index (χ4n) is 1.67. The van der Waals surface area contributed by atoms with E-state index in [1.807, 2.05) is 12.1 Å². The van der Waals surface area contributed by atoms with Gasteiger partial charge in [-0.15, -0.1) is 11.8 Å². The predicted molar refractivity (Wildman–Crippen MR) is 62.4 cm³/mol. The Morgan fingerprint density at radius 2 is 2.07 bits per heavy atom. The van der Waals surface area contributed by atoms with Crippen LogP contribution in [0.3, 0.4) is 0 Å². The Labute approximate surface area is 94.6 Å². The Morgan fingerprint density at radius 3 is 2.73 bits per heavy atom. The lowest BCUT2D eigenvalue weighted by Gasteiger charge is -2.21. The molecule has 1 atom stereocenters. The number of rotatable bonds is 3. The minimum atomic E-state index is 0.327. The summed E-state index contributed by atoms with van der Waals surface area (Å²) in [7, 11) is 0. The van der Waals surface area contributed by atoms with E-state index >= 15 is 0 Å². The van der Waals surface area contributed by atoms with E-state index in [1.54, 1.807) is 23.9 Å². The maximum Gasteiger partial charge on any atom is 0.115 e. The molecule has 1 aromatic rings. The van der Waals surface area contributed by atoms with E-state index in [2.05, 4.69) is 0 Å². The fourth-order valence-corrected chi connectivity index (χ4v) is 2.64. The highest BCUT2D eigenvalue weighted by Crippen LogP contribution is 2.24. The van der Waals surface area contributed by atoms with Gasteiger partial charge in [-0.1, -0.05) is 0 Å². The summed E-state index contributed by atoms with van der Waals surface area (Å²) >= 11 is 1.80. The molecule has 1 N–H and O–H groups in total. The lowest BCUT2D eigenvalue weighted by Crippen LogP contribution is -2.21. The van der Waals surface area contributed by atoms with Gasteiger partial charge in [-0.25, -0.2) is 0 Å². The van der Waals surface area contributed by atoms with Crippen molar-refractivity contribution >= 4 is 11.8 Å². The molecule has 1 aromatic carbocycles. The summed E-state index contributed by atoms with van der Waals surface area (Å²) < 4.78 is 5.65. The standard InChI is InChI=1S/C12H16O2S/c13-10-4-6-12(7-5-10)15-9-11-3-1-2-8-14-11/h4-7,11,13H,1-3,8-9H2. The summed E-state index contributed by atoms with van der Waals surface area (Å²) in [6, 6.07) is 7.35. The van der Waals surface area contributed by atoms with Crippen molar-refractivity contribution in [2.45, 2.75) is 30.3 Å². The first-order valence-corrected chi connectivity index (χ1v) is 6.36. The molecule has 2 rings (SSSR count). The predicted octanol–water partition coefficient (Wildman–Crippen LogP) is 3.05. The summed E-state index contributed by atoms with van der Waals surface area (Å²) in [6.07, 6.45) is 4.10. The smallest absolute Gasteiger partial charge is 0.115 e. The number of ether oxygens (including phenoxy) is 1. The Bertz CT molecular complexity index is 291. The van der Waals surface area contributed by atoms with Crippen LogP contribution in [0.5, 0.6) is 5.75 Å². The summed E-state index contributed by atoms with van der Waals surface area (Å²) in [5, 5.41) is 9.14. The van der Waals surface area contributed by atoms with Crippen LogP contribution in [0.2, 0.25) is 0 Å². The van der Waals surface area contributed by atoms with Crippen LogP contribution >= 0.6 is 11.8 Å². The molecule has 15 heavy (non-hydrogen) atoms. The van der Waals surface area contributed by atoms with Gasteiger partial charge < -0.3 is 9.84 Å². The van der Waals surface area contributed by atoms with E-state index in [-0.39, 0.29) is 0 Å². The maximum atomic E-state index is 9.14. The molecule has 0 spiro atoms. The van der Waals surface area contributed by atoms with Crippen LogP contribution in [-0.2, 0) is 4.74 Å². The van der Waals surface area contributed by atoms with Gasteiger partial charge in [0.15, 0.2) is 0 Å². The van der Waals surface area contributed by atoms with Crippen LogP contribution in [0, 0.1) is 0 Å². The lowest BCUT2D eigenvalue weighted by molar-refractivity contribution is 0.0315. The number of hydrogen-bond acceptors (Lipinski definition) is 3. The molecule has 0 aromatic heterocycles. The summed E-state index contributed by atoms with van der Waals surface area (Å²) in [5.74, 6) is 1.35. The molecule has 82 valence electrons. The maximum absolute atomic E-state index is 9.14. The van der Waals surface area contributed by atoms with Crippen LogP contribution < -0.4 is 0 Å². The van der Waals surface area contributed by atoms with Gasteiger partial charge in [0.05, 0.1) is 6.10 Å². The third-order valence-corrected chi connectivity index (χ3v) is 3.69.